The molecular formula is C13H18Cl2N2O2S. The lowest BCUT2D eigenvalue weighted by molar-refractivity contribution is -0.139. The molecule has 1 fully saturated rings. The van der Waals surface area contributed by atoms with Crippen LogP contribution in [0.3, 0.4) is 0 Å². The van der Waals surface area contributed by atoms with E-state index in [9.17, 15) is 4.79 Å². The molecule has 1 aliphatic carbocycles. The summed E-state index contributed by atoms with van der Waals surface area (Å²) in [5, 5.41) is 12.3. The van der Waals surface area contributed by atoms with E-state index in [4.69, 9.17) is 28.3 Å². The number of nitrogens with zero attached hydrogens (tertiary/aromatic N) is 1. The first-order valence-electron chi connectivity index (χ1n) is 6.62. The summed E-state index contributed by atoms with van der Waals surface area (Å²) in [4.78, 5) is 12.8. The van der Waals surface area contributed by atoms with Gasteiger partial charge in [-0.25, -0.2) is 0 Å². The number of thiophene rings is 1. The molecule has 2 rings (SSSR count). The Hall–Kier alpha value is -0.330. The lowest BCUT2D eigenvalue weighted by Gasteiger charge is -2.42. The summed E-state index contributed by atoms with van der Waals surface area (Å²) in [6.45, 7) is 3.61. The third-order valence-corrected chi connectivity index (χ3v) is 5.25. The fourth-order valence-corrected chi connectivity index (χ4v) is 3.96. The molecule has 1 aromatic heterocycles. The number of carboxylic acids is 1. The number of aliphatic carboxylic acids is 1. The molecule has 0 bridgehead atoms. The van der Waals surface area contributed by atoms with E-state index < -0.39 is 5.97 Å². The van der Waals surface area contributed by atoms with Gasteiger partial charge in [-0.1, -0.05) is 30.1 Å². The van der Waals surface area contributed by atoms with Crippen molar-refractivity contribution in [3.63, 3.8) is 0 Å². The zero-order valence-electron chi connectivity index (χ0n) is 11.2. The maximum absolute atomic E-state index is 10.8. The standard InChI is InChI=1S/C13H18Cl2N2O2S/c1-2-17(7-12(18)19)10-4-9(5-10)16-6-8-3-11(14)20-13(8)15/h3,9-10,16H,2,4-7H2,1H3,(H,18,19). The maximum Gasteiger partial charge on any atom is 0.317 e. The highest BCUT2D eigenvalue weighted by Crippen LogP contribution is 2.32. The Morgan fingerprint density at radius 3 is 2.75 bits per heavy atom. The van der Waals surface area contributed by atoms with Gasteiger partial charge in [0, 0.05) is 18.6 Å². The van der Waals surface area contributed by atoms with Crippen molar-refractivity contribution in [1.82, 2.24) is 10.2 Å². The minimum atomic E-state index is -0.761. The van der Waals surface area contributed by atoms with Gasteiger partial charge in [0.25, 0.3) is 0 Å². The summed E-state index contributed by atoms with van der Waals surface area (Å²) >= 11 is 13.4. The molecule has 0 aliphatic heterocycles. The van der Waals surface area contributed by atoms with Gasteiger partial charge in [0.15, 0.2) is 0 Å². The largest absolute Gasteiger partial charge is 0.480 e. The molecule has 4 nitrogen and oxygen atoms in total. The minimum absolute atomic E-state index is 0.125. The van der Waals surface area contributed by atoms with Crippen molar-refractivity contribution in [3.8, 4) is 0 Å². The zero-order chi connectivity index (χ0) is 14.7. The quantitative estimate of drug-likeness (QED) is 0.803. The van der Waals surface area contributed by atoms with Gasteiger partial charge >= 0.3 is 5.97 Å². The molecule has 112 valence electrons. The number of hydrogen-bond acceptors (Lipinski definition) is 4. The predicted molar refractivity (Wildman–Crippen MR) is 82.9 cm³/mol. The van der Waals surface area contributed by atoms with Gasteiger partial charge < -0.3 is 10.4 Å². The second-order valence-corrected chi connectivity index (χ2v) is 7.29. The molecular weight excluding hydrogens is 319 g/mol. The van der Waals surface area contributed by atoms with Crippen LogP contribution >= 0.6 is 34.5 Å². The van der Waals surface area contributed by atoms with E-state index in [1.165, 1.54) is 11.3 Å². The Balaban J connectivity index is 1.73. The van der Waals surface area contributed by atoms with E-state index in [1.807, 2.05) is 17.9 Å². The van der Waals surface area contributed by atoms with Crippen LogP contribution in [0, 0.1) is 0 Å². The number of carbonyl (C=O) groups is 1. The van der Waals surface area contributed by atoms with E-state index in [0.29, 0.717) is 23.0 Å². The first kappa shape index (κ1) is 16.0. The minimum Gasteiger partial charge on any atom is -0.480 e. The van der Waals surface area contributed by atoms with Crippen LogP contribution in [0.4, 0.5) is 0 Å². The molecule has 0 atom stereocenters. The number of likely N-dealkylation sites (N-methyl/N-ethyl adjacent to an activating group) is 1. The van der Waals surface area contributed by atoms with Gasteiger partial charge in [-0.15, -0.1) is 11.3 Å². The molecule has 7 heteroatoms. The SMILES string of the molecule is CCN(CC(=O)O)C1CC(NCc2cc(Cl)sc2Cl)C1. The van der Waals surface area contributed by atoms with Gasteiger partial charge in [0.2, 0.25) is 0 Å². The van der Waals surface area contributed by atoms with Crippen LogP contribution in [0.5, 0.6) is 0 Å². The second kappa shape index (κ2) is 7.09. The molecule has 0 saturated heterocycles. The fourth-order valence-electron chi connectivity index (χ4n) is 2.47. The molecule has 1 heterocycles. The summed E-state index contributed by atoms with van der Waals surface area (Å²) in [6, 6.07) is 2.69. The van der Waals surface area contributed by atoms with Gasteiger partial charge in [0.05, 0.1) is 15.2 Å². The van der Waals surface area contributed by atoms with E-state index in [1.54, 1.807) is 0 Å². The Morgan fingerprint density at radius 2 is 2.25 bits per heavy atom. The van der Waals surface area contributed by atoms with Crippen molar-refractivity contribution in [2.75, 3.05) is 13.1 Å². The Labute approximate surface area is 132 Å². The van der Waals surface area contributed by atoms with Crippen LogP contribution in [0.15, 0.2) is 6.07 Å². The smallest absolute Gasteiger partial charge is 0.317 e. The third-order valence-electron chi connectivity index (χ3n) is 3.68. The molecule has 2 N–H and O–H groups in total. The van der Waals surface area contributed by atoms with Gasteiger partial charge in [0.1, 0.15) is 0 Å². The van der Waals surface area contributed by atoms with Gasteiger partial charge in [-0.05, 0) is 31.0 Å². The normalized spacial score (nSPS) is 22.0. The first-order chi connectivity index (χ1) is 9.49. The van der Waals surface area contributed by atoms with Crippen LogP contribution in [-0.4, -0.2) is 41.1 Å². The molecule has 0 aromatic carbocycles. The van der Waals surface area contributed by atoms with Crippen molar-refractivity contribution >= 4 is 40.5 Å². The molecule has 1 aromatic rings. The zero-order valence-corrected chi connectivity index (χ0v) is 13.6. The number of hydrogen-bond donors (Lipinski definition) is 2. The summed E-state index contributed by atoms with van der Waals surface area (Å²) in [5.41, 5.74) is 1.03. The van der Waals surface area contributed by atoms with Crippen molar-refractivity contribution in [2.24, 2.45) is 0 Å². The highest BCUT2D eigenvalue weighted by molar-refractivity contribution is 7.20. The molecule has 0 spiro atoms. The number of carboxylic acid groups (broad SMARTS) is 1. The van der Waals surface area contributed by atoms with E-state index in [-0.39, 0.29) is 6.54 Å². The van der Waals surface area contributed by atoms with Gasteiger partial charge in [-0.2, -0.15) is 0 Å². The van der Waals surface area contributed by atoms with E-state index in [2.05, 4.69) is 5.32 Å². The van der Waals surface area contributed by atoms with Crippen LogP contribution in [-0.2, 0) is 11.3 Å². The van der Waals surface area contributed by atoms with Crippen LogP contribution in [0.25, 0.3) is 0 Å². The van der Waals surface area contributed by atoms with Crippen molar-refractivity contribution in [3.05, 3.63) is 20.3 Å². The summed E-state index contributed by atoms with van der Waals surface area (Å²) in [7, 11) is 0. The first-order valence-corrected chi connectivity index (χ1v) is 8.19. The topological polar surface area (TPSA) is 52.6 Å². The van der Waals surface area contributed by atoms with Gasteiger partial charge in [-0.3, -0.25) is 9.69 Å². The summed E-state index contributed by atoms with van der Waals surface area (Å²) < 4.78 is 1.44. The van der Waals surface area contributed by atoms with E-state index >= 15 is 0 Å². The molecule has 0 unspecified atom stereocenters. The molecule has 1 saturated carbocycles. The molecule has 20 heavy (non-hydrogen) atoms. The Kier molecular flexibility index (Phi) is 5.69. The van der Waals surface area contributed by atoms with Crippen LogP contribution in [0.2, 0.25) is 8.67 Å². The second-order valence-electron chi connectivity index (χ2n) is 5.01. The van der Waals surface area contributed by atoms with Crippen molar-refractivity contribution in [2.45, 2.75) is 38.4 Å². The maximum atomic E-state index is 10.8. The third kappa shape index (κ3) is 4.09. The molecule has 0 radical (unpaired) electrons. The Bertz CT molecular complexity index is 475. The van der Waals surface area contributed by atoms with Crippen LogP contribution < -0.4 is 5.32 Å². The molecule has 0 amide bonds. The highest BCUT2D eigenvalue weighted by atomic mass is 35.5. The monoisotopic (exact) mass is 336 g/mol. The fraction of sp³-hybridized carbons (Fsp3) is 0.615. The van der Waals surface area contributed by atoms with Crippen molar-refractivity contribution < 1.29 is 9.90 Å². The average molecular weight is 337 g/mol. The highest BCUT2D eigenvalue weighted by Gasteiger charge is 2.33. The van der Waals surface area contributed by atoms with Crippen LogP contribution in [0.1, 0.15) is 25.3 Å². The lowest BCUT2D eigenvalue weighted by Crippen LogP contribution is -2.53. The summed E-state index contributed by atoms with van der Waals surface area (Å²) in [5.74, 6) is -0.761. The molecule has 1 aliphatic rings. The predicted octanol–water partition coefficient (Wildman–Crippen LogP) is 3.08. The average Bonchev–Trinajstić information content (AvgIpc) is 2.63. The summed E-state index contributed by atoms with van der Waals surface area (Å²) in [6.07, 6.45) is 1.97. The number of rotatable bonds is 7. The Morgan fingerprint density at radius 1 is 1.55 bits per heavy atom. The lowest BCUT2D eigenvalue weighted by atomic mass is 9.85. The number of halogens is 2. The number of nitrogens with one attached hydrogen (secondary N) is 1. The van der Waals surface area contributed by atoms with Crippen molar-refractivity contribution in [1.29, 1.82) is 0 Å². The van der Waals surface area contributed by atoms with E-state index in [0.717, 1.165) is 29.3 Å².